The molecular weight excluding hydrogens is 238 g/mol. The second kappa shape index (κ2) is 6.10. The van der Waals surface area contributed by atoms with Gasteiger partial charge in [-0.3, -0.25) is 9.59 Å². The molecule has 2 amide bonds. The number of amides is 2. The quantitative estimate of drug-likeness (QED) is 0.614. The Morgan fingerprint density at radius 2 is 2.22 bits per heavy atom. The maximum atomic E-state index is 11.7. The predicted molar refractivity (Wildman–Crippen MR) is 60.5 cm³/mol. The number of aromatic nitrogens is 2. The lowest BCUT2D eigenvalue weighted by molar-refractivity contribution is -0.146. The SMILES string of the molecule is O=C(NCCc1ncno1)C(=O)N1CCNCC1. The normalized spacial score (nSPS) is 15.4. The summed E-state index contributed by atoms with van der Waals surface area (Å²) in [7, 11) is 0. The Labute approximate surface area is 104 Å². The molecule has 8 nitrogen and oxygen atoms in total. The van der Waals surface area contributed by atoms with Gasteiger partial charge in [-0.1, -0.05) is 5.16 Å². The minimum atomic E-state index is -0.587. The molecule has 0 bridgehead atoms. The van der Waals surface area contributed by atoms with Gasteiger partial charge in [-0.15, -0.1) is 0 Å². The van der Waals surface area contributed by atoms with Gasteiger partial charge in [0.05, 0.1) is 0 Å². The summed E-state index contributed by atoms with van der Waals surface area (Å²) in [5.74, 6) is -0.636. The van der Waals surface area contributed by atoms with Crippen molar-refractivity contribution in [2.24, 2.45) is 0 Å². The number of carbonyl (C=O) groups excluding carboxylic acids is 2. The Morgan fingerprint density at radius 3 is 2.89 bits per heavy atom. The van der Waals surface area contributed by atoms with E-state index in [1.165, 1.54) is 6.33 Å². The lowest BCUT2D eigenvalue weighted by Crippen LogP contribution is -2.51. The largest absolute Gasteiger partial charge is 0.347 e. The fraction of sp³-hybridized carbons (Fsp3) is 0.600. The zero-order valence-electron chi connectivity index (χ0n) is 9.89. The van der Waals surface area contributed by atoms with Crippen LogP contribution in [0.2, 0.25) is 0 Å². The number of hydrogen-bond donors (Lipinski definition) is 2. The average molecular weight is 253 g/mol. The van der Waals surface area contributed by atoms with Crippen molar-refractivity contribution < 1.29 is 14.1 Å². The molecule has 1 fully saturated rings. The Balaban J connectivity index is 1.71. The number of piperazine rings is 1. The van der Waals surface area contributed by atoms with Gasteiger partial charge in [0, 0.05) is 39.1 Å². The number of nitrogens with zero attached hydrogens (tertiary/aromatic N) is 3. The summed E-state index contributed by atoms with van der Waals surface area (Å²) < 4.78 is 4.78. The molecule has 0 aliphatic carbocycles. The van der Waals surface area contributed by atoms with Crippen LogP contribution in [-0.2, 0) is 16.0 Å². The van der Waals surface area contributed by atoms with Crippen molar-refractivity contribution in [2.75, 3.05) is 32.7 Å². The molecule has 1 saturated heterocycles. The van der Waals surface area contributed by atoms with Crippen molar-refractivity contribution in [1.29, 1.82) is 0 Å². The minimum Gasteiger partial charge on any atom is -0.347 e. The van der Waals surface area contributed by atoms with E-state index in [0.717, 1.165) is 13.1 Å². The lowest BCUT2D eigenvalue weighted by Gasteiger charge is -2.26. The molecular formula is C10H15N5O3. The van der Waals surface area contributed by atoms with Crippen LogP contribution in [-0.4, -0.2) is 59.6 Å². The predicted octanol–water partition coefficient (Wildman–Crippen LogP) is -1.84. The molecule has 0 atom stereocenters. The van der Waals surface area contributed by atoms with E-state index in [2.05, 4.69) is 20.8 Å². The fourth-order valence-corrected chi connectivity index (χ4v) is 1.68. The molecule has 98 valence electrons. The molecule has 2 heterocycles. The number of hydrogen-bond acceptors (Lipinski definition) is 6. The topological polar surface area (TPSA) is 100 Å². The molecule has 2 rings (SSSR count). The van der Waals surface area contributed by atoms with Crippen molar-refractivity contribution in [1.82, 2.24) is 25.7 Å². The summed E-state index contributed by atoms with van der Waals surface area (Å²) in [4.78, 5) is 28.7. The summed E-state index contributed by atoms with van der Waals surface area (Å²) in [5.41, 5.74) is 0. The van der Waals surface area contributed by atoms with Crippen LogP contribution in [0.5, 0.6) is 0 Å². The van der Waals surface area contributed by atoms with Crippen LogP contribution < -0.4 is 10.6 Å². The highest BCUT2D eigenvalue weighted by molar-refractivity contribution is 6.35. The number of rotatable bonds is 3. The summed E-state index contributed by atoms with van der Waals surface area (Å²) in [6.45, 7) is 2.88. The molecule has 1 aromatic rings. The molecule has 1 aromatic heterocycles. The third-order valence-electron chi connectivity index (χ3n) is 2.63. The molecule has 0 spiro atoms. The Morgan fingerprint density at radius 1 is 1.44 bits per heavy atom. The second-order valence-electron chi connectivity index (χ2n) is 3.88. The highest BCUT2D eigenvalue weighted by Gasteiger charge is 2.22. The van der Waals surface area contributed by atoms with Crippen LogP contribution in [0.15, 0.2) is 10.9 Å². The van der Waals surface area contributed by atoms with Crippen molar-refractivity contribution >= 4 is 11.8 Å². The molecule has 2 N–H and O–H groups in total. The van der Waals surface area contributed by atoms with E-state index in [4.69, 9.17) is 4.52 Å². The van der Waals surface area contributed by atoms with E-state index in [9.17, 15) is 9.59 Å². The van der Waals surface area contributed by atoms with E-state index in [1.807, 2.05) is 0 Å². The van der Waals surface area contributed by atoms with E-state index >= 15 is 0 Å². The molecule has 1 aliphatic rings. The first-order chi connectivity index (χ1) is 8.77. The maximum absolute atomic E-state index is 11.7. The molecule has 8 heteroatoms. The van der Waals surface area contributed by atoms with Gasteiger partial charge >= 0.3 is 11.8 Å². The molecule has 0 radical (unpaired) electrons. The van der Waals surface area contributed by atoms with Crippen LogP contribution in [0.4, 0.5) is 0 Å². The highest BCUT2D eigenvalue weighted by atomic mass is 16.5. The van der Waals surface area contributed by atoms with Crippen LogP contribution in [0.1, 0.15) is 5.89 Å². The van der Waals surface area contributed by atoms with Crippen molar-refractivity contribution in [3.63, 3.8) is 0 Å². The van der Waals surface area contributed by atoms with E-state index in [0.29, 0.717) is 31.9 Å². The van der Waals surface area contributed by atoms with Gasteiger partial charge in [0.25, 0.3) is 0 Å². The van der Waals surface area contributed by atoms with Gasteiger partial charge in [0.2, 0.25) is 5.89 Å². The molecule has 0 aromatic carbocycles. The van der Waals surface area contributed by atoms with Crippen LogP contribution in [0.3, 0.4) is 0 Å². The molecule has 0 unspecified atom stereocenters. The summed E-state index contributed by atoms with van der Waals surface area (Å²) in [6.07, 6.45) is 1.71. The monoisotopic (exact) mass is 253 g/mol. The molecule has 1 aliphatic heterocycles. The first kappa shape index (κ1) is 12.5. The van der Waals surface area contributed by atoms with Crippen molar-refractivity contribution in [3.8, 4) is 0 Å². The van der Waals surface area contributed by atoms with Gasteiger partial charge < -0.3 is 20.1 Å². The zero-order chi connectivity index (χ0) is 12.8. The van der Waals surface area contributed by atoms with Gasteiger partial charge in [-0.05, 0) is 0 Å². The molecule has 18 heavy (non-hydrogen) atoms. The van der Waals surface area contributed by atoms with Gasteiger partial charge in [0.1, 0.15) is 0 Å². The highest BCUT2D eigenvalue weighted by Crippen LogP contribution is 1.94. The molecule has 0 saturated carbocycles. The Hall–Kier alpha value is -1.96. The van der Waals surface area contributed by atoms with Crippen LogP contribution in [0, 0.1) is 0 Å². The Kier molecular flexibility index (Phi) is 4.24. The van der Waals surface area contributed by atoms with E-state index < -0.39 is 11.8 Å². The third kappa shape index (κ3) is 3.27. The smallest absolute Gasteiger partial charge is 0.311 e. The zero-order valence-corrected chi connectivity index (χ0v) is 9.89. The fourth-order valence-electron chi connectivity index (χ4n) is 1.68. The van der Waals surface area contributed by atoms with E-state index in [-0.39, 0.29) is 0 Å². The number of nitrogens with one attached hydrogen (secondary N) is 2. The first-order valence-electron chi connectivity index (χ1n) is 5.81. The van der Waals surface area contributed by atoms with Crippen LogP contribution in [0.25, 0.3) is 0 Å². The maximum Gasteiger partial charge on any atom is 0.311 e. The lowest BCUT2D eigenvalue weighted by atomic mass is 10.3. The minimum absolute atomic E-state index is 0.304. The summed E-state index contributed by atoms with van der Waals surface area (Å²) >= 11 is 0. The first-order valence-corrected chi connectivity index (χ1v) is 5.81. The summed E-state index contributed by atoms with van der Waals surface area (Å²) in [6, 6.07) is 0. The second-order valence-corrected chi connectivity index (χ2v) is 3.88. The van der Waals surface area contributed by atoms with Gasteiger partial charge in [0.15, 0.2) is 6.33 Å². The average Bonchev–Trinajstić information content (AvgIpc) is 2.92. The summed E-state index contributed by atoms with van der Waals surface area (Å²) in [5, 5.41) is 9.10. The Bertz CT molecular complexity index is 400. The van der Waals surface area contributed by atoms with Crippen molar-refractivity contribution in [2.45, 2.75) is 6.42 Å². The van der Waals surface area contributed by atoms with Gasteiger partial charge in [-0.25, -0.2) is 0 Å². The van der Waals surface area contributed by atoms with Crippen molar-refractivity contribution in [3.05, 3.63) is 12.2 Å². The standard InChI is InChI=1S/C10H15N5O3/c16-9(10(17)15-5-3-11-4-6-15)12-2-1-8-13-7-14-18-8/h7,11H,1-6H2,(H,12,16). The van der Waals surface area contributed by atoms with Crippen LogP contribution >= 0.6 is 0 Å². The van der Waals surface area contributed by atoms with Gasteiger partial charge in [-0.2, -0.15) is 4.98 Å². The van der Waals surface area contributed by atoms with E-state index in [1.54, 1.807) is 4.90 Å². The third-order valence-corrected chi connectivity index (χ3v) is 2.63. The number of carbonyl (C=O) groups is 2.